The number of unbranched alkanes of at least 4 members (excludes halogenated alkanes) is 1. The normalized spacial score (nSPS) is 13.2. The van der Waals surface area contributed by atoms with Crippen molar-refractivity contribution in [2.75, 3.05) is 0 Å². The topological polar surface area (TPSA) is 38.0 Å². The van der Waals surface area contributed by atoms with Crippen molar-refractivity contribution >= 4 is 11.3 Å². The number of hydrazine groups is 1. The molecule has 0 radical (unpaired) electrons. The first-order valence-electron chi connectivity index (χ1n) is 4.79. The predicted octanol–water partition coefficient (Wildman–Crippen LogP) is 2.75. The van der Waals surface area contributed by atoms with Crippen molar-refractivity contribution in [3.63, 3.8) is 0 Å². The molecule has 0 saturated carbocycles. The summed E-state index contributed by atoms with van der Waals surface area (Å²) in [4.78, 5) is 1.35. The van der Waals surface area contributed by atoms with Crippen molar-refractivity contribution in [3.05, 3.63) is 21.9 Å². The van der Waals surface area contributed by atoms with Crippen molar-refractivity contribution in [3.8, 4) is 0 Å². The average Bonchev–Trinajstić information content (AvgIpc) is 2.54. The lowest BCUT2D eigenvalue weighted by atomic mass is 10.0. The maximum atomic E-state index is 5.51. The third-order valence-electron chi connectivity index (χ3n) is 2.20. The van der Waals surface area contributed by atoms with Crippen molar-refractivity contribution in [1.82, 2.24) is 5.43 Å². The molecule has 0 aliphatic rings. The molecule has 0 aliphatic heterocycles. The van der Waals surface area contributed by atoms with E-state index in [0.717, 1.165) is 6.42 Å². The standard InChI is InChI=1S/C10H18N2S/c1-3-4-5-10(12-11)9-6-8(2)13-7-9/h6-7,10,12H,3-5,11H2,1-2H3. The number of hydrogen-bond acceptors (Lipinski definition) is 3. The molecule has 0 aromatic carbocycles. The van der Waals surface area contributed by atoms with Crippen LogP contribution in [0.25, 0.3) is 0 Å². The Kier molecular flexibility index (Phi) is 4.42. The Bertz CT molecular complexity index is 245. The highest BCUT2D eigenvalue weighted by molar-refractivity contribution is 7.10. The quantitative estimate of drug-likeness (QED) is 0.564. The van der Waals surface area contributed by atoms with Crippen molar-refractivity contribution in [2.24, 2.45) is 5.84 Å². The zero-order valence-electron chi connectivity index (χ0n) is 8.34. The first-order chi connectivity index (χ1) is 6.27. The summed E-state index contributed by atoms with van der Waals surface area (Å²) in [5.41, 5.74) is 4.21. The van der Waals surface area contributed by atoms with E-state index in [-0.39, 0.29) is 0 Å². The predicted molar refractivity (Wildman–Crippen MR) is 58.6 cm³/mol. The minimum atomic E-state index is 0.338. The summed E-state index contributed by atoms with van der Waals surface area (Å²) in [6.45, 7) is 4.33. The van der Waals surface area contributed by atoms with E-state index >= 15 is 0 Å². The van der Waals surface area contributed by atoms with E-state index in [9.17, 15) is 0 Å². The van der Waals surface area contributed by atoms with Gasteiger partial charge in [0.25, 0.3) is 0 Å². The summed E-state index contributed by atoms with van der Waals surface area (Å²) in [7, 11) is 0. The monoisotopic (exact) mass is 198 g/mol. The van der Waals surface area contributed by atoms with Gasteiger partial charge < -0.3 is 0 Å². The molecule has 13 heavy (non-hydrogen) atoms. The van der Waals surface area contributed by atoms with Gasteiger partial charge in [-0.2, -0.15) is 0 Å². The van der Waals surface area contributed by atoms with Crippen LogP contribution in [-0.2, 0) is 0 Å². The van der Waals surface area contributed by atoms with Gasteiger partial charge >= 0.3 is 0 Å². The van der Waals surface area contributed by atoms with E-state index in [1.807, 2.05) is 0 Å². The van der Waals surface area contributed by atoms with E-state index in [0.29, 0.717) is 6.04 Å². The van der Waals surface area contributed by atoms with Crippen LogP contribution in [0.1, 0.15) is 42.7 Å². The molecule has 0 fully saturated rings. The Balaban J connectivity index is 2.56. The van der Waals surface area contributed by atoms with Crippen LogP contribution in [0.15, 0.2) is 11.4 Å². The highest BCUT2D eigenvalue weighted by atomic mass is 32.1. The van der Waals surface area contributed by atoms with E-state index in [2.05, 4.69) is 30.7 Å². The molecule has 2 nitrogen and oxygen atoms in total. The van der Waals surface area contributed by atoms with Gasteiger partial charge in [-0.15, -0.1) is 11.3 Å². The van der Waals surface area contributed by atoms with Gasteiger partial charge in [0, 0.05) is 10.9 Å². The van der Waals surface area contributed by atoms with Crippen LogP contribution in [0, 0.1) is 6.92 Å². The van der Waals surface area contributed by atoms with E-state index in [4.69, 9.17) is 5.84 Å². The highest BCUT2D eigenvalue weighted by Crippen LogP contribution is 2.23. The summed E-state index contributed by atoms with van der Waals surface area (Å²) in [6.07, 6.45) is 3.58. The number of nitrogens with two attached hydrogens (primary N) is 1. The summed E-state index contributed by atoms with van der Waals surface area (Å²) in [5, 5.41) is 2.19. The van der Waals surface area contributed by atoms with Crippen molar-refractivity contribution in [2.45, 2.75) is 39.2 Å². The van der Waals surface area contributed by atoms with Crippen LogP contribution in [0.5, 0.6) is 0 Å². The third-order valence-corrected chi connectivity index (χ3v) is 3.08. The number of rotatable bonds is 5. The van der Waals surface area contributed by atoms with Crippen LogP contribution < -0.4 is 11.3 Å². The van der Waals surface area contributed by atoms with Crippen molar-refractivity contribution < 1.29 is 0 Å². The smallest absolute Gasteiger partial charge is 0.0468 e. The minimum Gasteiger partial charge on any atom is -0.271 e. The Hall–Kier alpha value is -0.380. The Morgan fingerprint density at radius 1 is 1.62 bits per heavy atom. The van der Waals surface area contributed by atoms with Crippen LogP contribution in [-0.4, -0.2) is 0 Å². The van der Waals surface area contributed by atoms with Gasteiger partial charge in [-0.25, -0.2) is 0 Å². The molecule has 0 aliphatic carbocycles. The zero-order chi connectivity index (χ0) is 9.68. The molecule has 1 rings (SSSR count). The SMILES string of the molecule is CCCCC(NN)c1csc(C)c1. The van der Waals surface area contributed by atoms with Crippen LogP contribution in [0.3, 0.4) is 0 Å². The maximum absolute atomic E-state index is 5.51. The third kappa shape index (κ3) is 3.10. The first kappa shape index (κ1) is 10.7. The van der Waals surface area contributed by atoms with Gasteiger partial charge in [0.05, 0.1) is 0 Å². The molecule has 0 saturated heterocycles. The maximum Gasteiger partial charge on any atom is 0.0468 e. The number of hydrogen-bond donors (Lipinski definition) is 2. The largest absolute Gasteiger partial charge is 0.271 e. The molecule has 1 aromatic heterocycles. The summed E-state index contributed by atoms with van der Waals surface area (Å²) in [5.74, 6) is 5.51. The Morgan fingerprint density at radius 3 is 2.85 bits per heavy atom. The fourth-order valence-electron chi connectivity index (χ4n) is 1.40. The van der Waals surface area contributed by atoms with Gasteiger partial charge in [-0.1, -0.05) is 19.8 Å². The van der Waals surface area contributed by atoms with E-state index in [1.165, 1.54) is 23.3 Å². The van der Waals surface area contributed by atoms with E-state index in [1.54, 1.807) is 11.3 Å². The molecule has 74 valence electrons. The molecule has 0 amide bonds. The van der Waals surface area contributed by atoms with Gasteiger partial charge in [0.15, 0.2) is 0 Å². The molecule has 1 aromatic rings. The lowest BCUT2D eigenvalue weighted by Crippen LogP contribution is -2.27. The highest BCUT2D eigenvalue weighted by Gasteiger charge is 2.09. The second-order valence-corrected chi connectivity index (χ2v) is 4.47. The molecular formula is C10H18N2S. The number of nitrogens with one attached hydrogen (secondary N) is 1. The summed E-state index contributed by atoms with van der Waals surface area (Å²) >= 11 is 1.79. The Labute approximate surface area is 84.1 Å². The first-order valence-corrected chi connectivity index (χ1v) is 5.67. The molecule has 0 bridgehead atoms. The van der Waals surface area contributed by atoms with Crippen LogP contribution >= 0.6 is 11.3 Å². The summed E-state index contributed by atoms with van der Waals surface area (Å²) < 4.78 is 0. The fraction of sp³-hybridized carbons (Fsp3) is 0.600. The second-order valence-electron chi connectivity index (χ2n) is 3.35. The van der Waals surface area contributed by atoms with Gasteiger partial charge in [0.1, 0.15) is 0 Å². The summed E-state index contributed by atoms with van der Waals surface area (Å²) in [6, 6.07) is 2.55. The fourth-order valence-corrected chi connectivity index (χ4v) is 2.16. The van der Waals surface area contributed by atoms with Crippen molar-refractivity contribution in [1.29, 1.82) is 0 Å². The second kappa shape index (κ2) is 5.37. The lowest BCUT2D eigenvalue weighted by Gasteiger charge is -2.13. The average molecular weight is 198 g/mol. The van der Waals surface area contributed by atoms with Gasteiger partial charge in [-0.3, -0.25) is 11.3 Å². The van der Waals surface area contributed by atoms with Gasteiger partial charge in [0.2, 0.25) is 0 Å². The van der Waals surface area contributed by atoms with Gasteiger partial charge in [-0.05, 0) is 30.4 Å². The number of aryl methyl sites for hydroxylation is 1. The van der Waals surface area contributed by atoms with E-state index < -0.39 is 0 Å². The molecule has 1 heterocycles. The lowest BCUT2D eigenvalue weighted by molar-refractivity contribution is 0.496. The van der Waals surface area contributed by atoms with Crippen LogP contribution in [0.2, 0.25) is 0 Å². The molecule has 1 atom stereocenters. The Morgan fingerprint density at radius 2 is 2.38 bits per heavy atom. The molecular weight excluding hydrogens is 180 g/mol. The minimum absolute atomic E-state index is 0.338. The van der Waals surface area contributed by atoms with Crippen LogP contribution in [0.4, 0.5) is 0 Å². The number of thiophene rings is 1. The zero-order valence-corrected chi connectivity index (χ0v) is 9.16. The molecule has 3 heteroatoms. The molecule has 3 N–H and O–H groups in total. The molecule has 1 unspecified atom stereocenters. The molecule has 0 spiro atoms.